The number of nitrogens with zero attached hydrogens (tertiary/aromatic N) is 2. The molecule has 0 fully saturated rings. The van der Waals surface area contributed by atoms with Crippen LogP contribution in [0.25, 0.3) is 0 Å². The largest absolute Gasteiger partial charge is 0.439 e. The molecule has 0 aliphatic heterocycles. The van der Waals surface area contributed by atoms with Gasteiger partial charge in [-0.25, -0.2) is 14.4 Å². The molecule has 0 radical (unpaired) electrons. The summed E-state index contributed by atoms with van der Waals surface area (Å²) in [4.78, 5) is 6.96. The average Bonchev–Trinajstić information content (AvgIpc) is 2.15. The van der Waals surface area contributed by atoms with Crippen LogP contribution in [0, 0.1) is 11.8 Å². The van der Waals surface area contributed by atoms with Crippen LogP contribution in [0.15, 0.2) is 35.1 Å². The third-order valence-electron chi connectivity index (χ3n) is 1.67. The summed E-state index contributed by atoms with van der Waals surface area (Å²) in [5, 5.41) is 0. The lowest BCUT2D eigenvalue weighted by Crippen LogP contribution is -1.91. The predicted octanol–water partition coefficient (Wildman–Crippen LogP) is 3.31. The highest BCUT2D eigenvalue weighted by Crippen LogP contribution is 2.24. The van der Waals surface area contributed by atoms with Crippen LogP contribution in [0.3, 0.4) is 0 Å². The van der Waals surface area contributed by atoms with E-state index in [4.69, 9.17) is 4.74 Å². The summed E-state index contributed by atoms with van der Waals surface area (Å²) in [6.07, 6.45) is 1.03. The normalized spacial score (nSPS) is 10.2. The number of ether oxygens (including phenoxy) is 1. The van der Waals surface area contributed by atoms with Crippen LogP contribution in [0.5, 0.6) is 11.6 Å². The van der Waals surface area contributed by atoms with Crippen molar-refractivity contribution in [3.63, 3.8) is 0 Å². The Morgan fingerprint density at radius 3 is 2.56 bits per heavy atom. The van der Waals surface area contributed by atoms with E-state index >= 15 is 0 Å². The van der Waals surface area contributed by atoms with E-state index in [9.17, 15) is 8.78 Å². The SMILES string of the molecule is Fc1cc(Br)cc(Oc2cc(F)ncn2)c1. The van der Waals surface area contributed by atoms with Crippen molar-refractivity contribution in [1.29, 1.82) is 0 Å². The zero-order valence-corrected chi connectivity index (χ0v) is 9.41. The van der Waals surface area contributed by atoms with E-state index in [0.29, 0.717) is 4.47 Å². The number of aromatic nitrogens is 2. The predicted molar refractivity (Wildman–Crippen MR) is 56.2 cm³/mol. The summed E-state index contributed by atoms with van der Waals surface area (Å²) in [7, 11) is 0. The van der Waals surface area contributed by atoms with Crippen LogP contribution in [0.1, 0.15) is 0 Å². The van der Waals surface area contributed by atoms with Gasteiger partial charge in [-0.3, -0.25) is 0 Å². The Balaban J connectivity index is 2.27. The number of benzene rings is 1. The Bertz CT molecular complexity index is 502. The topological polar surface area (TPSA) is 35.0 Å². The lowest BCUT2D eigenvalue weighted by atomic mass is 10.3. The maximum absolute atomic E-state index is 13.0. The monoisotopic (exact) mass is 286 g/mol. The Kier molecular flexibility index (Phi) is 3.09. The Morgan fingerprint density at radius 1 is 1.06 bits per heavy atom. The van der Waals surface area contributed by atoms with Crippen LogP contribution < -0.4 is 4.74 Å². The van der Waals surface area contributed by atoms with Gasteiger partial charge in [0.2, 0.25) is 11.8 Å². The van der Waals surface area contributed by atoms with E-state index < -0.39 is 11.8 Å². The van der Waals surface area contributed by atoms with Crippen molar-refractivity contribution < 1.29 is 13.5 Å². The molecule has 6 heteroatoms. The van der Waals surface area contributed by atoms with Gasteiger partial charge in [-0.15, -0.1) is 0 Å². The first kappa shape index (κ1) is 10.9. The average molecular weight is 287 g/mol. The van der Waals surface area contributed by atoms with E-state index in [-0.39, 0.29) is 11.6 Å². The molecule has 0 spiro atoms. The van der Waals surface area contributed by atoms with Gasteiger partial charge < -0.3 is 4.74 Å². The quantitative estimate of drug-likeness (QED) is 0.795. The summed E-state index contributed by atoms with van der Waals surface area (Å²) in [5.74, 6) is -0.922. The molecule has 0 amide bonds. The smallest absolute Gasteiger partial charge is 0.225 e. The highest BCUT2D eigenvalue weighted by Gasteiger charge is 2.03. The van der Waals surface area contributed by atoms with Crippen molar-refractivity contribution in [1.82, 2.24) is 9.97 Å². The second-order valence-electron chi connectivity index (χ2n) is 2.89. The summed E-state index contributed by atoms with van der Waals surface area (Å²) in [5.41, 5.74) is 0. The first-order valence-corrected chi connectivity index (χ1v) is 5.04. The minimum absolute atomic E-state index is 0.0185. The lowest BCUT2D eigenvalue weighted by molar-refractivity contribution is 0.446. The molecule has 82 valence electrons. The molecule has 0 aliphatic carbocycles. The molecule has 1 aromatic heterocycles. The van der Waals surface area contributed by atoms with Crippen LogP contribution in [-0.2, 0) is 0 Å². The lowest BCUT2D eigenvalue weighted by Gasteiger charge is -2.04. The number of hydrogen-bond acceptors (Lipinski definition) is 3. The van der Waals surface area contributed by atoms with Crippen molar-refractivity contribution in [2.24, 2.45) is 0 Å². The van der Waals surface area contributed by atoms with E-state index in [0.717, 1.165) is 12.4 Å². The third-order valence-corrected chi connectivity index (χ3v) is 2.12. The van der Waals surface area contributed by atoms with Crippen molar-refractivity contribution >= 4 is 15.9 Å². The van der Waals surface area contributed by atoms with E-state index in [1.165, 1.54) is 12.1 Å². The zero-order chi connectivity index (χ0) is 11.5. The minimum Gasteiger partial charge on any atom is -0.439 e. The second kappa shape index (κ2) is 4.52. The van der Waals surface area contributed by atoms with Crippen molar-refractivity contribution in [3.8, 4) is 11.6 Å². The van der Waals surface area contributed by atoms with Gasteiger partial charge in [-0.1, -0.05) is 15.9 Å². The molecule has 0 saturated carbocycles. The van der Waals surface area contributed by atoms with Gasteiger partial charge in [0.25, 0.3) is 0 Å². The molecule has 1 heterocycles. The molecule has 2 aromatic rings. The van der Waals surface area contributed by atoms with Gasteiger partial charge in [0, 0.05) is 10.5 Å². The van der Waals surface area contributed by atoms with Gasteiger partial charge in [-0.2, -0.15) is 4.39 Å². The number of hydrogen-bond donors (Lipinski definition) is 0. The summed E-state index contributed by atoms with van der Waals surface area (Å²) >= 11 is 3.11. The summed E-state index contributed by atoms with van der Waals surface area (Å²) < 4.78 is 31.4. The molecular weight excluding hydrogens is 282 g/mol. The summed E-state index contributed by atoms with van der Waals surface area (Å²) in [6, 6.07) is 5.01. The van der Waals surface area contributed by atoms with Gasteiger partial charge in [0.05, 0.1) is 6.07 Å². The Labute approximate surface area is 98.2 Å². The third kappa shape index (κ3) is 2.73. The first-order chi connectivity index (χ1) is 7.63. The van der Waals surface area contributed by atoms with Gasteiger partial charge in [0.15, 0.2) is 0 Å². The molecule has 3 nitrogen and oxygen atoms in total. The van der Waals surface area contributed by atoms with E-state index in [2.05, 4.69) is 25.9 Å². The zero-order valence-electron chi connectivity index (χ0n) is 7.82. The standard InChI is InChI=1S/C10H5BrF2N2O/c11-6-1-7(12)3-8(2-6)16-10-4-9(13)14-5-15-10/h1-5H. The fourth-order valence-corrected chi connectivity index (χ4v) is 1.53. The highest BCUT2D eigenvalue weighted by molar-refractivity contribution is 9.10. The maximum atomic E-state index is 13.0. The van der Waals surface area contributed by atoms with Crippen molar-refractivity contribution in [2.75, 3.05) is 0 Å². The van der Waals surface area contributed by atoms with Crippen LogP contribution >= 0.6 is 15.9 Å². The van der Waals surface area contributed by atoms with Gasteiger partial charge in [-0.05, 0) is 12.1 Å². The van der Waals surface area contributed by atoms with E-state index in [1.54, 1.807) is 6.07 Å². The number of rotatable bonds is 2. The highest BCUT2D eigenvalue weighted by atomic mass is 79.9. The molecule has 0 N–H and O–H groups in total. The first-order valence-electron chi connectivity index (χ1n) is 4.25. The number of halogens is 3. The fraction of sp³-hybridized carbons (Fsp3) is 0. The second-order valence-corrected chi connectivity index (χ2v) is 3.80. The van der Waals surface area contributed by atoms with Gasteiger partial charge >= 0.3 is 0 Å². The van der Waals surface area contributed by atoms with Gasteiger partial charge in [0.1, 0.15) is 17.9 Å². The van der Waals surface area contributed by atoms with E-state index in [1.807, 2.05) is 0 Å². The fourth-order valence-electron chi connectivity index (χ4n) is 1.08. The molecule has 1 aromatic carbocycles. The Hall–Kier alpha value is -1.56. The summed E-state index contributed by atoms with van der Waals surface area (Å²) in [6.45, 7) is 0. The van der Waals surface area contributed by atoms with Crippen LogP contribution in [-0.4, -0.2) is 9.97 Å². The molecule has 2 rings (SSSR count). The molecule has 0 saturated heterocycles. The molecular formula is C10H5BrF2N2O. The maximum Gasteiger partial charge on any atom is 0.225 e. The Morgan fingerprint density at radius 2 is 1.88 bits per heavy atom. The minimum atomic E-state index is -0.708. The van der Waals surface area contributed by atoms with Crippen molar-refractivity contribution in [2.45, 2.75) is 0 Å². The molecule has 16 heavy (non-hydrogen) atoms. The van der Waals surface area contributed by atoms with Crippen LogP contribution in [0.4, 0.5) is 8.78 Å². The molecule has 0 atom stereocenters. The molecule has 0 bridgehead atoms. The van der Waals surface area contributed by atoms with Crippen LogP contribution in [0.2, 0.25) is 0 Å². The van der Waals surface area contributed by atoms with Crippen molar-refractivity contribution in [3.05, 3.63) is 46.8 Å². The molecule has 0 unspecified atom stereocenters. The molecule has 0 aliphatic rings.